The summed E-state index contributed by atoms with van der Waals surface area (Å²) in [5, 5.41) is 6.99. The number of carbonyl (C=O) groups is 1. The lowest BCUT2D eigenvalue weighted by molar-refractivity contribution is 0.252. The monoisotopic (exact) mass is 322 g/mol. The molecule has 0 fully saturated rings. The van der Waals surface area contributed by atoms with Crippen LogP contribution in [0.3, 0.4) is 0 Å². The Balaban J connectivity index is 1.59. The first kappa shape index (κ1) is 16.1. The summed E-state index contributed by atoms with van der Waals surface area (Å²) in [6, 6.07) is 11.7. The Morgan fingerprint density at radius 1 is 1.17 bits per heavy atom. The van der Waals surface area contributed by atoms with Crippen LogP contribution in [0.25, 0.3) is 11.0 Å². The minimum Gasteiger partial charge on any atom is -0.338 e. The van der Waals surface area contributed by atoms with Crippen LogP contribution in [0.2, 0.25) is 0 Å². The van der Waals surface area contributed by atoms with Crippen LogP contribution in [-0.2, 0) is 19.9 Å². The van der Waals surface area contributed by atoms with Gasteiger partial charge in [-0.25, -0.2) is 9.78 Å². The van der Waals surface area contributed by atoms with Crippen LogP contribution in [-0.4, -0.2) is 22.1 Å². The first-order chi connectivity index (χ1) is 11.7. The summed E-state index contributed by atoms with van der Waals surface area (Å²) >= 11 is 0. The molecule has 0 radical (unpaired) electrons. The Bertz CT molecular complexity index is 853. The number of benzene rings is 1. The number of carbonyl (C=O) groups excluding carboxylic acids is 1. The second-order valence-electron chi connectivity index (χ2n) is 5.78. The quantitative estimate of drug-likeness (QED) is 0.755. The van der Waals surface area contributed by atoms with Gasteiger partial charge in [0.2, 0.25) is 0 Å². The topological polar surface area (TPSA) is 59.0 Å². The molecule has 24 heavy (non-hydrogen) atoms. The molecule has 2 aromatic heterocycles. The maximum atomic E-state index is 12.1. The summed E-state index contributed by atoms with van der Waals surface area (Å²) in [6.07, 6.45) is 5.53. The van der Waals surface area contributed by atoms with E-state index in [0.29, 0.717) is 6.54 Å². The van der Waals surface area contributed by atoms with Crippen LogP contribution in [0.5, 0.6) is 0 Å². The van der Waals surface area contributed by atoms with E-state index >= 15 is 0 Å². The fourth-order valence-corrected chi connectivity index (χ4v) is 2.92. The van der Waals surface area contributed by atoms with Gasteiger partial charge in [0, 0.05) is 37.1 Å². The summed E-state index contributed by atoms with van der Waals surface area (Å²) in [7, 11) is 1.99. The van der Waals surface area contributed by atoms with Gasteiger partial charge in [0.05, 0.1) is 0 Å². The fourth-order valence-electron chi connectivity index (χ4n) is 2.92. The van der Waals surface area contributed by atoms with Crippen LogP contribution in [0, 0.1) is 0 Å². The molecule has 5 nitrogen and oxygen atoms in total. The fraction of sp³-hybridized carbons (Fsp3) is 0.263. The number of pyridine rings is 1. The third-order valence-electron chi connectivity index (χ3n) is 4.14. The van der Waals surface area contributed by atoms with Crippen molar-refractivity contribution in [3.63, 3.8) is 0 Å². The number of rotatable bonds is 5. The second-order valence-corrected chi connectivity index (χ2v) is 5.78. The highest BCUT2D eigenvalue weighted by atomic mass is 16.2. The molecule has 0 atom stereocenters. The summed E-state index contributed by atoms with van der Waals surface area (Å²) < 4.78 is 2.02. The van der Waals surface area contributed by atoms with Crippen molar-refractivity contribution in [1.82, 2.24) is 14.9 Å². The molecule has 3 rings (SSSR count). The Kier molecular flexibility index (Phi) is 4.79. The molecule has 0 aliphatic heterocycles. The van der Waals surface area contributed by atoms with Crippen LogP contribution in [0.1, 0.15) is 18.1 Å². The molecule has 5 heteroatoms. The van der Waals surface area contributed by atoms with Gasteiger partial charge >= 0.3 is 6.03 Å². The Morgan fingerprint density at radius 3 is 2.83 bits per heavy atom. The smallest absolute Gasteiger partial charge is 0.319 e. The number of aromatic nitrogens is 2. The van der Waals surface area contributed by atoms with E-state index in [2.05, 4.69) is 34.8 Å². The van der Waals surface area contributed by atoms with Crippen molar-refractivity contribution in [2.24, 2.45) is 7.05 Å². The summed E-state index contributed by atoms with van der Waals surface area (Å²) in [6.45, 7) is 2.65. The second kappa shape index (κ2) is 7.17. The van der Waals surface area contributed by atoms with Crippen molar-refractivity contribution >= 4 is 22.8 Å². The first-order valence-corrected chi connectivity index (χ1v) is 8.20. The molecule has 3 aromatic rings. The van der Waals surface area contributed by atoms with Crippen LogP contribution in [0.4, 0.5) is 10.5 Å². The van der Waals surface area contributed by atoms with Crippen LogP contribution < -0.4 is 10.6 Å². The molecule has 0 saturated heterocycles. The average Bonchev–Trinajstić information content (AvgIpc) is 2.92. The molecule has 0 bridgehead atoms. The number of nitrogens with one attached hydrogen (secondary N) is 2. The van der Waals surface area contributed by atoms with Crippen molar-refractivity contribution in [1.29, 1.82) is 0 Å². The van der Waals surface area contributed by atoms with Gasteiger partial charge in [0.25, 0.3) is 0 Å². The average molecular weight is 322 g/mol. The van der Waals surface area contributed by atoms with E-state index in [9.17, 15) is 4.79 Å². The molecule has 0 aliphatic carbocycles. The highest BCUT2D eigenvalue weighted by Gasteiger charge is 2.08. The SMILES string of the molecule is CCc1ccccc1NC(=O)NCCc1cn(C)c2ncccc12. The number of fused-ring (bicyclic) bond motifs is 1. The van der Waals surface area contributed by atoms with Crippen molar-refractivity contribution in [2.45, 2.75) is 19.8 Å². The first-order valence-electron chi connectivity index (χ1n) is 8.20. The molecular weight excluding hydrogens is 300 g/mol. The Labute approximate surface area is 141 Å². The number of para-hydroxylation sites is 1. The van der Waals surface area contributed by atoms with Gasteiger partial charge in [-0.1, -0.05) is 25.1 Å². The molecule has 2 heterocycles. The number of aryl methyl sites for hydroxylation is 2. The van der Waals surface area contributed by atoms with Crippen molar-refractivity contribution in [3.8, 4) is 0 Å². The maximum Gasteiger partial charge on any atom is 0.319 e. The number of hydrogen-bond donors (Lipinski definition) is 2. The largest absolute Gasteiger partial charge is 0.338 e. The number of hydrogen-bond acceptors (Lipinski definition) is 2. The normalized spacial score (nSPS) is 10.8. The summed E-state index contributed by atoms with van der Waals surface area (Å²) in [5.74, 6) is 0. The van der Waals surface area contributed by atoms with E-state index < -0.39 is 0 Å². The van der Waals surface area contributed by atoms with Gasteiger partial charge in [0.15, 0.2) is 0 Å². The Hall–Kier alpha value is -2.82. The van der Waals surface area contributed by atoms with Crippen LogP contribution in [0.15, 0.2) is 48.8 Å². The third-order valence-corrected chi connectivity index (χ3v) is 4.14. The lowest BCUT2D eigenvalue weighted by Gasteiger charge is -2.10. The molecule has 0 unspecified atom stereocenters. The van der Waals surface area contributed by atoms with E-state index in [1.165, 1.54) is 5.56 Å². The molecule has 2 amide bonds. The number of amides is 2. The molecule has 2 N–H and O–H groups in total. The van der Waals surface area contributed by atoms with E-state index in [0.717, 1.165) is 35.1 Å². The van der Waals surface area contributed by atoms with Gasteiger partial charge in [-0.05, 0) is 42.2 Å². The van der Waals surface area contributed by atoms with Gasteiger partial charge in [0.1, 0.15) is 5.65 Å². The minimum absolute atomic E-state index is 0.172. The third kappa shape index (κ3) is 3.40. The van der Waals surface area contributed by atoms with Crippen LogP contribution >= 0.6 is 0 Å². The lowest BCUT2D eigenvalue weighted by Crippen LogP contribution is -2.30. The van der Waals surface area contributed by atoms with Gasteiger partial charge in [-0.15, -0.1) is 0 Å². The number of anilines is 1. The minimum atomic E-state index is -0.172. The van der Waals surface area contributed by atoms with Crippen molar-refractivity contribution < 1.29 is 4.79 Å². The predicted octanol–water partition coefficient (Wildman–Crippen LogP) is 3.50. The van der Waals surface area contributed by atoms with E-state index in [4.69, 9.17) is 0 Å². The molecule has 1 aromatic carbocycles. The number of nitrogens with zero attached hydrogens (tertiary/aromatic N) is 2. The zero-order valence-electron chi connectivity index (χ0n) is 14.0. The van der Waals surface area contributed by atoms with E-state index in [-0.39, 0.29) is 6.03 Å². The predicted molar refractivity (Wildman–Crippen MR) is 97.3 cm³/mol. The zero-order chi connectivity index (χ0) is 16.9. The molecule has 0 saturated carbocycles. The highest BCUT2D eigenvalue weighted by Crippen LogP contribution is 2.18. The van der Waals surface area contributed by atoms with Gasteiger partial charge in [-0.2, -0.15) is 0 Å². The molecule has 124 valence electrons. The number of urea groups is 1. The van der Waals surface area contributed by atoms with Crippen molar-refractivity contribution in [3.05, 3.63) is 59.9 Å². The highest BCUT2D eigenvalue weighted by molar-refractivity contribution is 5.90. The summed E-state index contributed by atoms with van der Waals surface area (Å²) in [4.78, 5) is 16.5. The zero-order valence-corrected chi connectivity index (χ0v) is 14.0. The van der Waals surface area contributed by atoms with Gasteiger partial charge < -0.3 is 15.2 Å². The van der Waals surface area contributed by atoms with E-state index in [1.54, 1.807) is 6.20 Å². The lowest BCUT2D eigenvalue weighted by atomic mass is 10.1. The molecule has 0 spiro atoms. The maximum absolute atomic E-state index is 12.1. The Morgan fingerprint density at radius 2 is 2.00 bits per heavy atom. The van der Waals surface area contributed by atoms with Crippen molar-refractivity contribution in [2.75, 3.05) is 11.9 Å². The molecule has 0 aliphatic rings. The van der Waals surface area contributed by atoms with Gasteiger partial charge in [-0.3, -0.25) is 0 Å². The summed E-state index contributed by atoms with van der Waals surface area (Å²) in [5.41, 5.74) is 4.16. The standard InChI is InChI=1S/C19H22N4O/c1-3-14-7-4-5-9-17(14)22-19(24)21-12-10-15-13-23(2)18-16(15)8-6-11-20-18/h4-9,11,13H,3,10,12H2,1-2H3,(H2,21,22,24). The van der Waals surface area contributed by atoms with E-state index in [1.807, 2.05) is 41.9 Å². The molecular formula is C19H22N4O.